The van der Waals surface area contributed by atoms with Gasteiger partial charge in [-0.1, -0.05) is 18.2 Å². The Morgan fingerprint density at radius 1 is 0.712 bits per heavy atom. The monoisotopic (exact) mass is 720 g/mol. The smallest absolute Gasteiger partial charge is 0.407 e. The van der Waals surface area contributed by atoms with Crippen LogP contribution in [0.25, 0.3) is 0 Å². The second-order valence-corrected chi connectivity index (χ2v) is 14.0. The number of nitrogens with zero attached hydrogens (tertiary/aromatic N) is 1. The number of methoxy groups -OCH3 is 1. The number of ether oxygens (including phenoxy) is 5. The predicted molar refractivity (Wildman–Crippen MR) is 200 cm³/mol. The van der Waals surface area contributed by atoms with Crippen LogP contribution in [0.5, 0.6) is 17.2 Å². The summed E-state index contributed by atoms with van der Waals surface area (Å²) >= 11 is 0. The third-order valence-electron chi connectivity index (χ3n) is 7.10. The normalized spacial score (nSPS) is 11.2. The van der Waals surface area contributed by atoms with Crippen LogP contribution in [-0.2, 0) is 9.47 Å². The first-order chi connectivity index (χ1) is 24.5. The summed E-state index contributed by atoms with van der Waals surface area (Å²) in [5, 5.41) is 8.24. The van der Waals surface area contributed by atoms with Gasteiger partial charge in [-0.15, -0.1) is 0 Å². The van der Waals surface area contributed by atoms with Gasteiger partial charge in [0.05, 0.1) is 37.3 Å². The minimum absolute atomic E-state index is 0.257. The van der Waals surface area contributed by atoms with Gasteiger partial charge in [-0.25, -0.2) is 9.59 Å². The average molecular weight is 721 g/mol. The molecule has 0 aromatic heterocycles. The van der Waals surface area contributed by atoms with Crippen molar-refractivity contribution < 1.29 is 42.9 Å². The highest BCUT2D eigenvalue weighted by Gasteiger charge is 2.21. The largest absolute Gasteiger partial charge is 0.495 e. The van der Waals surface area contributed by atoms with Gasteiger partial charge >= 0.3 is 12.2 Å². The van der Waals surface area contributed by atoms with Crippen LogP contribution in [0.15, 0.2) is 60.7 Å². The van der Waals surface area contributed by atoms with E-state index in [1.807, 2.05) is 25.1 Å². The molecule has 3 rings (SSSR count). The Bertz CT molecular complexity index is 1700. The third kappa shape index (κ3) is 13.3. The molecule has 0 saturated carbocycles. The fraction of sp³-hybridized carbons (Fsp3) is 0.436. The highest BCUT2D eigenvalue weighted by atomic mass is 16.6. The number of carbonyl (C=O) groups is 4. The van der Waals surface area contributed by atoms with E-state index in [0.717, 1.165) is 5.56 Å². The number of para-hydroxylation sites is 1. The summed E-state index contributed by atoms with van der Waals surface area (Å²) in [6.07, 6.45) is 0.0227. The van der Waals surface area contributed by atoms with Crippen molar-refractivity contribution in [3.63, 3.8) is 0 Å². The molecule has 13 heteroatoms. The minimum atomic E-state index is -0.588. The summed E-state index contributed by atoms with van der Waals surface area (Å²) in [4.78, 5) is 52.3. The SMILES string of the molecule is COc1cc(C(=O)N(C)c2ccc(C)cc2OCCCNC(=O)OC(C)(C)C)ccc1NC(=O)c1ccccc1OCCCNC(=O)OC(C)(C)C. The summed E-state index contributed by atoms with van der Waals surface area (Å²) in [5.74, 6) is 0.428. The van der Waals surface area contributed by atoms with Gasteiger partial charge in [0.2, 0.25) is 0 Å². The van der Waals surface area contributed by atoms with E-state index in [9.17, 15) is 19.2 Å². The molecule has 0 aliphatic heterocycles. The molecular weight excluding hydrogens is 668 g/mol. The molecule has 3 aromatic rings. The molecule has 282 valence electrons. The van der Waals surface area contributed by atoms with E-state index in [-0.39, 0.29) is 18.3 Å². The van der Waals surface area contributed by atoms with Gasteiger partial charge in [-0.3, -0.25) is 9.59 Å². The van der Waals surface area contributed by atoms with Crippen molar-refractivity contribution in [2.75, 3.05) is 50.7 Å². The molecule has 0 fully saturated rings. The van der Waals surface area contributed by atoms with Crippen LogP contribution >= 0.6 is 0 Å². The van der Waals surface area contributed by atoms with Gasteiger partial charge in [0.25, 0.3) is 11.8 Å². The fourth-order valence-corrected chi connectivity index (χ4v) is 4.73. The maximum Gasteiger partial charge on any atom is 0.407 e. The number of hydrogen-bond donors (Lipinski definition) is 3. The summed E-state index contributed by atoms with van der Waals surface area (Å²) in [7, 11) is 3.10. The molecule has 0 spiro atoms. The maximum absolute atomic E-state index is 13.7. The molecule has 0 heterocycles. The highest BCUT2D eigenvalue weighted by Crippen LogP contribution is 2.32. The number of nitrogens with one attached hydrogen (secondary N) is 3. The second kappa shape index (κ2) is 18.7. The van der Waals surface area contributed by atoms with E-state index in [1.54, 1.807) is 91.1 Å². The van der Waals surface area contributed by atoms with Crippen LogP contribution in [0.3, 0.4) is 0 Å². The van der Waals surface area contributed by atoms with E-state index in [1.165, 1.54) is 12.0 Å². The van der Waals surface area contributed by atoms with Crippen LogP contribution in [0.2, 0.25) is 0 Å². The van der Waals surface area contributed by atoms with Crippen LogP contribution < -0.4 is 35.1 Å². The lowest BCUT2D eigenvalue weighted by molar-refractivity contribution is 0.0513. The van der Waals surface area contributed by atoms with Gasteiger partial charge in [-0.2, -0.15) is 0 Å². The van der Waals surface area contributed by atoms with Crippen molar-refractivity contribution in [1.82, 2.24) is 10.6 Å². The topological polar surface area (TPSA) is 154 Å². The van der Waals surface area contributed by atoms with Crippen molar-refractivity contribution in [1.29, 1.82) is 0 Å². The van der Waals surface area contributed by atoms with Crippen molar-refractivity contribution in [2.24, 2.45) is 0 Å². The molecule has 13 nitrogen and oxygen atoms in total. The molecule has 4 amide bonds. The van der Waals surface area contributed by atoms with E-state index in [0.29, 0.717) is 66.5 Å². The second-order valence-electron chi connectivity index (χ2n) is 14.0. The van der Waals surface area contributed by atoms with Gasteiger partial charge in [0, 0.05) is 25.7 Å². The Hall–Kier alpha value is -5.46. The zero-order valence-corrected chi connectivity index (χ0v) is 31.6. The van der Waals surface area contributed by atoms with Gasteiger partial charge in [0.1, 0.15) is 28.5 Å². The van der Waals surface area contributed by atoms with Crippen LogP contribution in [0.1, 0.15) is 80.7 Å². The zero-order valence-electron chi connectivity index (χ0n) is 31.6. The molecule has 0 aliphatic carbocycles. The Balaban J connectivity index is 1.63. The van der Waals surface area contributed by atoms with E-state index in [2.05, 4.69) is 16.0 Å². The number of rotatable bonds is 15. The fourth-order valence-electron chi connectivity index (χ4n) is 4.73. The first-order valence-electron chi connectivity index (χ1n) is 17.1. The molecular formula is C39H52N4O9. The first-order valence-corrected chi connectivity index (χ1v) is 17.1. The Morgan fingerprint density at radius 3 is 1.87 bits per heavy atom. The summed E-state index contributed by atoms with van der Waals surface area (Å²) in [6.45, 7) is 14.0. The number of benzene rings is 3. The third-order valence-corrected chi connectivity index (χ3v) is 7.10. The average Bonchev–Trinajstić information content (AvgIpc) is 3.06. The van der Waals surface area contributed by atoms with Crippen LogP contribution in [0.4, 0.5) is 21.0 Å². The van der Waals surface area contributed by atoms with E-state index >= 15 is 0 Å². The lowest BCUT2D eigenvalue weighted by Gasteiger charge is -2.22. The van der Waals surface area contributed by atoms with Gasteiger partial charge in [-0.05, 0) is 109 Å². The van der Waals surface area contributed by atoms with Gasteiger partial charge in [0.15, 0.2) is 0 Å². The summed E-state index contributed by atoms with van der Waals surface area (Å²) in [6, 6.07) is 17.1. The summed E-state index contributed by atoms with van der Waals surface area (Å²) < 4.78 is 28.0. The van der Waals surface area contributed by atoms with E-state index in [4.69, 9.17) is 23.7 Å². The molecule has 0 atom stereocenters. The molecule has 52 heavy (non-hydrogen) atoms. The van der Waals surface area contributed by atoms with Crippen LogP contribution in [-0.4, -0.2) is 75.7 Å². The number of carbonyl (C=O) groups excluding carboxylic acids is 4. The zero-order chi connectivity index (χ0) is 38.5. The first kappa shape index (κ1) is 41.0. The van der Waals surface area contributed by atoms with Crippen LogP contribution in [0, 0.1) is 6.92 Å². The highest BCUT2D eigenvalue weighted by molar-refractivity contribution is 6.09. The number of anilines is 2. The molecule has 0 bridgehead atoms. The van der Waals surface area contributed by atoms with E-state index < -0.39 is 29.3 Å². The minimum Gasteiger partial charge on any atom is -0.495 e. The Kier molecular flexibility index (Phi) is 14.7. The number of amides is 4. The lowest BCUT2D eigenvalue weighted by atomic mass is 10.1. The molecule has 0 radical (unpaired) electrons. The molecule has 0 saturated heterocycles. The quantitative estimate of drug-likeness (QED) is 0.139. The number of alkyl carbamates (subject to hydrolysis) is 2. The van der Waals surface area contributed by atoms with Gasteiger partial charge < -0.3 is 44.5 Å². The van der Waals surface area contributed by atoms with Crippen molar-refractivity contribution in [3.05, 3.63) is 77.4 Å². The standard InChI is InChI=1S/C39H52N4O9/c1-26-16-19-30(33(24-26)50-23-13-21-41-37(47)52-39(5,6)7)43(8)35(45)27-17-18-29(32(25-27)48-9)42-34(44)28-14-10-11-15-31(28)49-22-12-20-40-36(46)51-38(2,3)4/h10-11,14-19,24-25H,12-13,20-23H2,1-9H3,(H,40,46)(H,41,47)(H,42,44). The Labute approximate surface area is 306 Å². The number of hydrogen-bond acceptors (Lipinski definition) is 9. The van der Waals surface area contributed by atoms with Crippen molar-refractivity contribution in [3.8, 4) is 17.2 Å². The lowest BCUT2D eigenvalue weighted by Crippen LogP contribution is -2.33. The van der Waals surface area contributed by atoms with Crippen molar-refractivity contribution in [2.45, 2.75) is 72.5 Å². The molecule has 3 aromatic carbocycles. The summed E-state index contributed by atoms with van der Waals surface area (Å²) in [5.41, 5.74) is 1.34. The van der Waals surface area contributed by atoms with Crippen molar-refractivity contribution >= 4 is 35.4 Å². The maximum atomic E-state index is 13.7. The Morgan fingerprint density at radius 2 is 1.29 bits per heavy atom. The molecule has 0 aliphatic rings. The number of aryl methyl sites for hydroxylation is 1. The molecule has 0 unspecified atom stereocenters. The predicted octanol–water partition coefficient (Wildman–Crippen LogP) is 7.12. The molecule has 3 N–H and O–H groups in total.